The summed E-state index contributed by atoms with van der Waals surface area (Å²) in [6.07, 6.45) is 1.35. The molecular formula is C18H19ClN2O2. The average Bonchev–Trinajstić information content (AvgIpc) is 2.50. The Labute approximate surface area is 140 Å². The quantitative estimate of drug-likeness (QED) is 0.657. The third-order valence-corrected chi connectivity index (χ3v) is 3.61. The number of phenols is 1. The van der Waals surface area contributed by atoms with Crippen LogP contribution in [-0.2, 0) is 5.41 Å². The second-order valence-electron chi connectivity index (χ2n) is 6.23. The number of hydrazone groups is 1. The van der Waals surface area contributed by atoms with Crippen molar-refractivity contribution in [3.8, 4) is 5.75 Å². The predicted molar refractivity (Wildman–Crippen MR) is 93.3 cm³/mol. The number of benzene rings is 2. The zero-order chi connectivity index (χ0) is 17.0. The van der Waals surface area contributed by atoms with E-state index in [0.717, 1.165) is 5.56 Å². The van der Waals surface area contributed by atoms with Crippen LogP contribution in [0.1, 0.15) is 42.3 Å². The SMILES string of the molecule is CC(C)(C)c1ccc(C(=O)N/N=C\c2cc(Cl)ccc2O)cc1. The zero-order valence-corrected chi connectivity index (χ0v) is 14.1. The van der Waals surface area contributed by atoms with Gasteiger partial charge >= 0.3 is 0 Å². The van der Waals surface area contributed by atoms with Gasteiger partial charge < -0.3 is 5.11 Å². The third-order valence-electron chi connectivity index (χ3n) is 3.37. The molecule has 0 saturated heterocycles. The lowest BCUT2D eigenvalue weighted by Gasteiger charge is -2.18. The summed E-state index contributed by atoms with van der Waals surface area (Å²) in [5.74, 6) is -0.273. The van der Waals surface area contributed by atoms with Crippen molar-refractivity contribution in [2.45, 2.75) is 26.2 Å². The molecule has 0 aliphatic rings. The van der Waals surface area contributed by atoms with Gasteiger partial charge in [0.1, 0.15) is 5.75 Å². The van der Waals surface area contributed by atoms with Crippen LogP contribution in [0.5, 0.6) is 5.75 Å². The van der Waals surface area contributed by atoms with Crippen LogP contribution >= 0.6 is 11.6 Å². The van der Waals surface area contributed by atoms with Crippen LogP contribution in [0.15, 0.2) is 47.6 Å². The number of hydrogen-bond acceptors (Lipinski definition) is 3. The number of phenolic OH excluding ortho intramolecular Hbond substituents is 1. The molecule has 2 N–H and O–H groups in total. The van der Waals surface area contributed by atoms with Crippen molar-refractivity contribution in [3.63, 3.8) is 0 Å². The van der Waals surface area contributed by atoms with Crippen molar-refractivity contribution in [2.24, 2.45) is 5.10 Å². The summed E-state index contributed by atoms with van der Waals surface area (Å²) in [7, 11) is 0. The van der Waals surface area contributed by atoms with Crippen LogP contribution in [-0.4, -0.2) is 17.2 Å². The third kappa shape index (κ3) is 4.57. The van der Waals surface area contributed by atoms with E-state index in [9.17, 15) is 9.90 Å². The molecule has 0 saturated carbocycles. The molecule has 2 rings (SSSR count). The van der Waals surface area contributed by atoms with Gasteiger partial charge in [0.25, 0.3) is 5.91 Å². The van der Waals surface area contributed by atoms with Crippen LogP contribution in [0.3, 0.4) is 0 Å². The number of halogens is 1. The Bertz CT molecular complexity index is 732. The fourth-order valence-corrected chi connectivity index (χ4v) is 2.16. The molecule has 0 atom stereocenters. The second kappa shape index (κ2) is 6.84. The largest absolute Gasteiger partial charge is 0.507 e. The molecule has 0 aliphatic carbocycles. The van der Waals surface area contributed by atoms with Gasteiger partial charge in [0.05, 0.1) is 6.21 Å². The normalized spacial score (nSPS) is 11.7. The fraction of sp³-hybridized carbons (Fsp3) is 0.222. The minimum Gasteiger partial charge on any atom is -0.507 e. The van der Waals surface area contributed by atoms with Gasteiger partial charge in [-0.1, -0.05) is 44.5 Å². The molecule has 120 valence electrons. The highest BCUT2D eigenvalue weighted by Gasteiger charge is 2.14. The summed E-state index contributed by atoms with van der Waals surface area (Å²) < 4.78 is 0. The van der Waals surface area contributed by atoms with Gasteiger partial charge in [0.2, 0.25) is 0 Å². The van der Waals surface area contributed by atoms with Gasteiger partial charge in [-0.05, 0) is 41.3 Å². The summed E-state index contributed by atoms with van der Waals surface area (Å²) in [4.78, 5) is 12.0. The molecule has 0 unspecified atom stereocenters. The molecule has 0 bridgehead atoms. The Kier molecular flexibility index (Phi) is 5.06. The first-order chi connectivity index (χ1) is 10.8. The van der Waals surface area contributed by atoms with E-state index in [4.69, 9.17) is 11.6 Å². The molecular weight excluding hydrogens is 312 g/mol. The van der Waals surface area contributed by atoms with Crippen molar-refractivity contribution < 1.29 is 9.90 Å². The van der Waals surface area contributed by atoms with Crippen molar-refractivity contribution in [2.75, 3.05) is 0 Å². The van der Waals surface area contributed by atoms with Crippen molar-refractivity contribution in [1.29, 1.82) is 0 Å². The fourth-order valence-electron chi connectivity index (χ4n) is 1.98. The Morgan fingerprint density at radius 3 is 2.43 bits per heavy atom. The number of carbonyl (C=O) groups excluding carboxylic acids is 1. The van der Waals surface area contributed by atoms with E-state index < -0.39 is 0 Å². The molecule has 0 aromatic heterocycles. The lowest BCUT2D eigenvalue weighted by atomic mass is 9.87. The first kappa shape index (κ1) is 17.0. The number of hydrogen-bond donors (Lipinski definition) is 2. The topological polar surface area (TPSA) is 61.7 Å². The Hall–Kier alpha value is -2.33. The molecule has 0 aliphatic heterocycles. The number of nitrogens with zero attached hydrogens (tertiary/aromatic N) is 1. The maximum atomic E-state index is 12.0. The van der Waals surface area contributed by atoms with E-state index in [-0.39, 0.29) is 17.1 Å². The van der Waals surface area contributed by atoms with E-state index >= 15 is 0 Å². The van der Waals surface area contributed by atoms with Gasteiger partial charge in [-0.2, -0.15) is 5.10 Å². The smallest absolute Gasteiger partial charge is 0.271 e. The predicted octanol–water partition coefficient (Wildman–Crippen LogP) is 4.11. The van der Waals surface area contributed by atoms with Crippen molar-refractivity contribution in [1.82, 2.24) is 5.43 Å². The number of nitrogens with one attached hydrogen (secondary N) is 1. The molecule has 2 aromatic carbocycles. The number of amides is 1. The minimum atomic E-state index is -0.316. The monoisotopic (exact) mass is 330 g/mol. The zero-order valence-electron chi connectivity index (χ0n) is 13.3. The van der Waals surface area contributed by atoms with E-state index in [0.29, 0.717) is 16.1 Å². The van der Waals surface area contributed by atoms with Gasteiger partial charge in [-0.3, -0.25) is 4.79 Å². The summed E-state index contributed by atoms with van der Waals surface area (Å²) in [6.45, 7) is 6.34. The van der Waals surface area contributed by atoms with Crippen molar-refractivity contribution in [3.05, 3.63) is 64.2 Å². The standard InChI is InChI=1S/C18H19ClN2O2/c1-18(2,3)14-6-4-12(5-7-14)17(23)21-20-11-13-10-15(19)8-9-16(13)22/h4-11,22H,1-3H3,(H,21,23)/b20-11-. The highest BCUT2D eigenvalue weighted by Crippen LogP contribution is 2.22. The summed E-state index contributed by atoms with van der Waals surface area (Å²) >= 11 is 5.85. The van der Waals surface area contributed by atoms with Crippen LogP contribution in [0.4, 0.5) is 0 Å². The molecule has 0 radical (unpaired) electrons. The summed E-state index contributed by atoms with van der Waals surface area (Å²) in [6, 6.07) is 12.0. The first-order valence-electron chi connectivity index (χ1n) is 7.20. The van der Waals surface area contributed by atoms with Gasteiger partial charge in [0, 0.05) is 16.1 Å². The molecule has 2 aromatic rings. The Balaban J connectivity index is 2.05. The highest BCUT2D eigenvalue weighted by atomic mass is 35.5. The van der Waals surface area contributed by atoms with Gasteiger partial charge in [-0.25, -0.2) is 5.43 Å². The summed E-state index contributed by atoms with van der Waals surface area (Å²) in [5, 5.41) is 14.0. The maximum absolute atomic E-state index is 12.0. The maximum Gasteiger partial charge on any atom is 0.271 e. The van der Waals surface area contributed by atoms with Gasteiger partial charge in [-0.15, -0.1) is 0 Å². The van der Waals surface area contributed by atoms with E-state index in [2.05, 4.69) is 31.3 Å². The van der Waals surface area contributed by atoms with Crippen LogP contribution < -0.4 is 5.43 Å². The second-order valence-corrected chi connectivity index (χ2v) is 6.67. The van der Waals surface area contributed by atoms with Gasteiger partial charge in [0.15, 0.2) is 0 Å². The number of rotatable bonds is 3. The molecule has 4 nitrogen and oxygen atoms in total. The van der Waals surface area contributed by atoms with Crippen molar-refractivity contribution >= 4 is 23.7 Å². The van der Waals surface area contributed by atoms with E-state index in [1.165, 1.54) is 12.3 Å². The molecule has 5 heteroatoms. The summed E-state index contributed by atoms with van der Waals surface area (Å²) in [5.41, 5.74) is 4.57. The number of carbonyl (C=O) groups is 1. The van der Waals surface area contributed by atoms with E-state index in [1.54, 1.807) is 24.3 Å². The lowest BCUT2D eigenvalue weighted by molar-refractivity contribution is 0.0955. The molecule has 0 heterocycles. The molecule has 1 amide bonds. The highest BCUT2D eigenvalue weighted by molar-refractivity contribution is 6.30. The van der Waals surface area contributed by atoms with Crippen LogP contribution in [0.25, 0.3) is 0 Å². The minimum absolute atomic E-state index is 0.0390. The Morgan fingerprint density at radius 2 is 1.83 bits per heavy atom. The lowest BCUT2D eigenvalue weighted by Crippen LogP contribution is -2.18. The van der Waals surface area contributed by atoms with E-state index in [1.807, 2.05) is 12.1 Å². The average molecular weight is 331 g/mol. The number of aromatic hydroxyl groups is 1. The van der Waals surface area contributed by atoms with Crippen LogP contribution in [0, 0.1) is 0 Å². The molecule has 23 heavy (non-hydrogen) atoms. The molecule has 0 spiro atoms. The first-order valence-corrected chi connectivity index (χ1v) is 7.57. The molecule has 0 fully saturated rings. The Morgan fingerprint density at radius 1 is 1.17 bits per heavy atom. The van der Waals surface area contributed by atoms with Crippen LogP contribution in [0.2, 0.25) is 5.02 Å².